The molecule has 0 aromatic heterocycles. The average Bonchev–Trinajstić information content (AvgIpc) is 1.94. The van der Waals surface area contributed by atoms with Gasteiger partial charge in [0.15, 0.2) is 5.76 Å². The molecule has 0 bridgehead atoms. The number of aliphatic hydroxyl groups excluding tert-OH is 1. The topological polar surface area (TPSA) is 29.5 Å². The van der Waals surface area contributed by atoms with Crippen LogP contribution in [0.15, 0.2) is 22.1 Å². The molecule has 2 nitrogen and oxygen atoms in total. The molecule has 1 rings (SSSR count). The van der Waals surface area contributed by atoms with Crippen LogP contribution in [0.5, 0.6) is 0 Å². The number of ether oxygens (including phenoxy) is 1. The molecule has 0 spiro atoms. The van der Waals surface area contributed by atoms with Gasteiger partial charge in [0.25, 0.3) is 0 Å². The van der Waals surface area contributed by atoms with Crippen molar-refractivity contribution in [1.82, 2.24) is 0 Å². The van der Waals surface area contributed by atoms with Gasteiger partial charge in [-0.15, -0.1) is 0 Å². The Kier molecular flexibility index (Phi) is 2.38. The third-order valence-corrected chi connectivity index (χ3v) is 2.02. The Labute approximate surface area is 68.3 Å². The quantitative estimate of drug-likeness (QED) is 0.712. The van der Waals surface area contributed by atoms with Gasteiger partial charge in [-0.05, 0) is 17.0 Å². The Morgan fingerprint density at radius 2 is 2.30 bits per heavy atom. The minimum atomic E-state index is 0.339. The van der Waals surface area contributed by atoms with E-state index < -0.39 is 0 Å². The van der Waals surface area contributed by atoms with Crippen LogP contribution in [0.25, 0.3) is 0 Å². The highest BCUT2D eigenvalue weighted by molar-refractivity contribution is 9.11. The van der Waals surface area contributed by atoms with E-state index in [1.165, 1.54) is 0 Å². The molecular weight excluding hydrogens is 196 g/mol. The molecule has 10 heavy (non-hydrogen) atoms. The molecule has 0 aliphatic heterocycles. The predicted octanol–water partition coefficient (Wildman–Crippen LogP) is 2.48. The standard InChI is InChI=1S/C7H9BrO2/c1-10-7-4-5(8)2-3-6(7)9/h4,9H,2-3H2,1H3. The highest BCUT2D eigenvalue weighted by Gasteiger charge is 2.10. The van der Waals surface area contributed by atoms with Crippen molar-refractivity contribution in [2.45, 2.75) is 12.8 Å². The van der Waals surface area contributed by atoms with E-state index in [1.807, 2.05) is 0 Å². The number of halogens is 1. The maximum atomic E-state index is 9.18. The van der Waals surface area contributed by atoms with Gasteiger partial charge in [-0.1, -0.05) is 15.9 Å². The molecule has 0 amide bonds. The summed E-state index contributed by atoms with van der Waals surface area (Å²) in [6, 6.07) is 0. The van der Waals surface area contributed by atoms with Crippen LogP contribution < -0.4 is 0 Å². The molecule has 3 heteroatoms. The number of methoxy groups -OCH3 is 1. The van der Waals surface area contributed by atoms with Crippen LogP contribution in [0.4, 0.5) is 0 Å². The van der Waals surface area contributed by atoms with Gasteiger partial charge in [-0.2, -0.15) is 0 Å². The van der Waals surface area contributed by atoms with Gasteiger partial charge in [-0.25, -0.2) is 0 Å². The fourth-order valence-electron chi connectivity index (χ4n) is 0.835. The van der Waals surface area contributed by atoms with Crippen molar-refractivity contribution in [3.63, 3.8) is 0 Å². The van der Waals surface area contributed by atoms with E-state index in [-0.39, 0.29) is 0 Å². The number of aliphatic hydroxyl groups is 1. The molecule has 1 aliphatic carbocycles. The monoisotopic (exact) mass is 204 g/mol. The molecule has 0 saturated carbocycles. The molecular formula is C7H9BrO2. The lowest BCUT2D eigenvalue weighted by atomic mass is 10.1. The van der Waals surface area contributed by atoms with Gasteiger partial charge in [0.2, 0.25) is 0 Å². The highest BCUT2D eigenvalue weighted by Crippen LogP contribution is 2.25. The normalized spacial score (nSPS) is 18.8. The molecule has 0 heterocycles. The second kappa shape index (κ2) is 3.10. The third kappa shape index (κ3) is 1.53. The summed E-state index contributed by atoms with van der Waals surface area (Å²) in [5.74, 6) is 0.906. The van der Waals surface area contributed by atoms with Gasteiger partial charge in [0.05, 0.1) is 7.11 Å². The summed E-state index contributed by atoms with van der Waals surface area (Å²) in [6.07, 6.45) is 3.32. The molecule has 0 radical (unpaired) electrons. The van der Waals surface area contributed by atoms with Gasteiger partial charge in [-0.3, -0.25) is 0 Å². The Balaban J connectivity index is 2.82. The van der Waals surface area contributed by atoms with Crippen molar-refractivity contribution in [3.8, 4) is 0 Å². The first-order valence-corrected chi connectivity index (χ1v) is 3.85. The SMILES string of the molecule is COC1=C(O)CCC(Br)=C1. The van der Waals surface area contributed by atoms with Crippen LogP contribution >= 0.6 is 15.9 Å². The third-order valence-electron chi connectivity index (χ3n) is 1.39. The average molecular weight is 205 g/mol. The zero-order valence-electron chi connectivity index (χ0n) is 5.72. The number of allylic oxidation sites excluding steroid dienone is 3. The van der Waals surface area contributed by atoms with Crippen LogP contribution in [-0.4, -0.2) is 12.2 Å². The largest absolute Gasteiger partial charge is 0.508 e. The van der Waals surface area contributed by atoms with Crippen LogP contribution in [0, 0.1) is 0 Å². The van der Waals surface area contributed by atoms with E-state index in [0.29, 0.717) is 17.9 Å². The summed E-state index contributed by atoms with van der Waals surface area (Å²) in [7, 11) is 1.55. The minimum Gasteiger partial charge on any atom is -0.508 e. The zero-order valence-corrected chi connectivity index (χ0v) is 7.31. The van der Waals surface area contributed by atoms with Crippen molar-refractivity contribution in [3.05, 3.63) is 22.1 Å². The summed E-state index contributed by atoms with van der Waals surface area (Å²) >= 11 is 3.33. The van der Waals surface area contributed by atoms with Gasteiger partial charge in [0, 0.05) is 6.42 Å². The van der Waals surface area contributed by atoms with Gasteiger partial charge < -0.3 is 9.84 Å². The van der Waals surface area contributed by atoms with Gasteiger partial charge >= 0.3 is 0 Å². The van der Waals surface area contributed by atoms with Crippen molar-refractivity contribution < 1.29 is 9.84 Å². The molecule has 56 valence electrons. The first-order valence-electron chi connectivity index (χ1n) is 3.06. The molecule has 0 fully saturated rings. The number of hydrogen-bond donors (Lipinski definition) is 1. The second-order valence-electron chi connectivity index (χ2n) is 2.11. The Hall–Kier alpha value is -0.440. The second-order valence-corrected chi connectivity index (χ2v) is 3.12. The number of rotatable bonds is 1. The van der Waals surface area contributed by atoms with Crippen molar-refractivity contribution in [1.29, 1.82) is 0 Å². The first-order chi connectivity index (χ1) is 4.74. The van der Waals surface area contributed by atoms with Gasteiger partial charge in [0.1, 0.15) is 5.76 Å². The van der Waals surface area contributed by atoms with Crippen LogP contribution in [-0.2, 0) is 4.74 Å². The lowest BCUT2D eigenvalue weighted by Crippen LogP contribution is -1.97. The van der Waals surface area contributed by atoms with E-state index in [0.717, 1.165) is 10.9 Å². The fourth-order valence-corrected chi connectivity index (χ4v) is 1.24. The lowest BCUT2D eigenvalue weighted by molar-refractivity contribution is 0.258. The van der Waals surface area contributed by atoms with E-state index in [9.17, 15) is 5.11 Å². The highest BCUT2D eigenvalue weighted by atomic mass is 79.9. The summed E-state index contributed by atoms with van der Waals surface area (Å²) in [4.78, 5) is 0. The van der Waals surface area contributed by atoms with E-state index in [2.05, 4.69) is 15.9 Å². The Bertz CT molecular complexity index is 194. The van der Waals surface area contributed by atoms with E-state index in [4.69, 9.17) is 4.74 Å². The molecule has 0 aromatic rings. The smallest absolute Gasteiger partial charge is 0.156 e. The maximum Gasteiger partial charge on any atom is 0.156 e. The zero-order chi connectivity index (χ0) is 7.56. The number of hydrogen-bond acceptors (Lipinski definition) is 2. The summed E-state index contributed by atoms with van der Waals surface area (Å²) < 4.78 is 5.97. The molecule has 0 saturated heterocycles. The fraction of sp³-hybridized carbons (Fsp3) is 0.429. The lowest BCUT2D eigenvalue weighted by Gasteiger charge is -2.11. The van der Waals surface area contributed by atoms with Crippen LogP contribution in [0.3, 0.4) is 0 Å². The molecule has 0 unspecified atom stereocenters. The van der Waals surface area contributed by atoms with Crippen molar-refractivity contribution in [2.75, 3.05) is 7.11 Å². The van der Waals surface area contributed by atoms with Crippen molar-refractivity contribution in [2.24, 2.45) is 0 Å². The first kappa shape index (κ1) is 7.66. The molecule has 0 atom stereocenters. The van der Waals surface area contributed by atoms with Crippen LogP contribution in [0.2, 0.25) is 0 Å². The van der Waals surface area contributed by atoms with Crippen LogP contribution in [0.1, 0.15) is 12.8 Å². The van der Waals surface area contributed by atoms with E-state index in [1.54, 1.807) is 13.2 Å². The summed E-state index contributed by atoms with van der Waals surface area (Å²) in [5, 5.41) is 9.18. The molecule has 1 N–H and O–H groups in total. The van der Waals surface area contributed by atoms with Crippen molar-refractivity contribution >= 4 is 15.9 Å². The predicted molar refractivity (Wildman–Crippen MR) is 42.9 cm³/mol. The Morgan fingerprint density at radius 1 is 1.60 bits per heavy atom. The molecule has 0 aromatic carbocycles. The maximum absolute atomic E-state index is 9.18. The minimum absolute atomic E-state index is 0.339. The Morgan fingerprint density at radius 3 is 2.80 bits per heavy atom. The summed E-state index contributed by atoms with van der Waals surface area (Å²) in [5.41, 5.74) is 0. The summed E-state index contributed by atoms with van der Waals surface area (Å²) in [6.45, 7) is 0. The molecule has 1 aliphatic rings. The van der Waals surface area contributed by atoms with E-state index >= 15 is 0 Å².